The first-order valence-corrected chi connectivity index (χ1v) is 9.68. The fourth-order valence-electron chi connectivity index (χ4n) is 2.92. The van der Waals surface area contributed by atoms with Crippen LogP contribution in [-0.4, -0.2) is 25.3 Å². The molecule has 3 heteroatoms. The number of allylic oxidation sites excluding steroid dienone is 2. The Morgan fingerprint density at radius 1 is 0.958 bits per heavy atom. The second-order valence-electron chi connectivity index (χ2n) is 7.06. The van der Waals surface area contributed by atoms with Crippen LogP contribution in [0.2, 0.25) is 0 Å². The zero-order valence-corrected chi connectivity index (χ0v) is 15.9. The van der Waals surface area contributed by atoms with Crippen LogP contribution in [0, 0.1) is 0 Å². The minimum absolute atomic E-state index is 0.135. The van der Waals surface area contributed by atoms with Crippen molar-refractivity contribution in [2.24, 2.45) is 0 Å². The molecule has 2 atom stereocenters. The molecule has 0 aromatic heterocycles. The van der Waals surface area contributed by atoms with Crippen LogP contribution in [0.4, 0.5) is 0 Å². The third-order valence-corrected chi connectivity index (χ3v) is 4.49. The van der Waals surface area contributed by atoms with E-state index in [0.717, 1.165) is 6.42 Å². The highest BCUT2D eigenvalue weighted by Gasteiger charge is 2.35. The van der Waals surface area contributed by atoms with E-state index in [2.05, 4.69) is 24.7 Å². The van der Waals surface area contributed by atoms with Gasteiger partial charge in [-0.3, -0.25) is 0 Å². The van der Waals surface area contributed by atoms with Crippen molar-refractivity contribution in [3.63, 3.8) is 0 Å². The van der Waals surface area contributed by atoms with Gasteiger partial charge in [0.1, 0.15) is 6.10 Å². The van der Waals surface area contributed by atoms with E-state index in [1.54, 1.807) is 0 Å². The van der Waals surface area contributed by atoms with Crippen LogP contribution in [0.5, 0.6) is 0 Å². The maximum absolute atomic E-state index is 11.0. The molecule has 1 fully saturated rings. The predicted molar refractivity (Wildman–Crippen MR) is 100 cm³/mol. The normalized spacial score (nSPS) is 19.5. The molecular weight excluding hydrogens is 300 g/mol. The summed E-state index contributed by atoms with van der Waals surface area (Å²) < 4.78 is 10.1. The highest BCUT2D eigenvalue weighted by Crippen LogP contribution is 2.28. The molecule has 138 valence electrons. The molecule has 1 aliphatic rings. The monoisotopic (exact) mass is 336 g/mol. The van der Waals surface area contributed by atoms with E-state index < -0.39 is 0 Å². The fourth-order valence-corrected chi connectivity index (χ4v) is 2.92. The van der Waals surface area contributed by atoms with Crippen molar-refractivity contribution in [2.75, 3.05) is 7.11 Å². The number of hydrogen-bond donors (Lipinski definition) is 0. The first-order valence-electron chi connectivity index (χ1n) is 9.68. The van der Waals surface area contributed by atoms with Crippen LogP contribution in [0.3, 0.4) is 0 Å². The molecule has 0 bridgehead atoms. The Morgan fingerprint density at radius 2 is 1.54 bits per heavy atom. The number of carbonyl (C=O) groups excluding carboxylic acids is 1. The van der Waals surface area contributed by atoms with Crippen LogP contribution in [0.1, 0.15) is 84.5 Å². The Morgan fingerprint density at radius 3 is 2.12 bits per heavy atom. The maximum Gasteiger partial charge on any atom is 0.330 e. The summed E-state index contributed by atoms with van der Waals surface area (Å²) >= 11 is 0. The number of carbonyl (C=O) groups is 1. The van der Waals surface area contributed by atoms with Gasteiger partial charge in [0, 0.05) is 6.08 Å². The summed E-state index contributed by atoms with van der Waals surface area (Å²) in [4.78, 5) is 11.0. The molecule has 0 radical (unpaired) electrons. The van der Waals surface area contributed by atoms with Crippen LogP contribution in [0.25, 0.3) is 0 Å². The maximum atomic E-state index is 11.0. The van der Waals surface area contributed by atoms with Crippen molar-refractivity contribution in [1.29, 1.82) is 0 Å². The molecule has 0 saturated carbocycles. The Labute approximate surface area is 148 Å². The standard InChI is InChI=1S/C21H36O3/c1-18(2)14-12-10-8-6-4-5-7-9-11-13-15-19-20(24-19)16-17-21(22)23-3/h14,16-17,19-20H,4-13,15H2,1-3H3. The van der Waals surface area contributed by atoms with E-state index in [1.165, 1.54) is 83.0 Å². The van der Waals surface area contributed by atoms with Gasteiger partial charge in [-0.1, -0.05) is 63.0 Å². The molecular formula is C21H36O3. The zero-order valence-electron chi connectivity index (χ0n) is 15.9. The van der Waals surface area contributed by atoms with Gasteiger partial charge in [0.05, 0.1) is 13.2 Å². The lowest BCUT2D eigenvalue weighted by Crippen LogP contribution is -1.96. The summed E-state index contributed by atoms with van der Waals surface area (Å²) in [5.41, 5.74) is 1.44. The van der Waals surface area contributed by atoms with E-state index in [9.17, 15) is 4.79 Å². The molecule has 0 spiro atoms. The fraction of sp³-hybridized carbons (Fsp3) is 0.762. The first kappa shape index (κ1) is 21.0. The third kappa shape index (κ3) is 11.4. The van der Waals surface area contributed by atoms with Crippen molar-refractivity contribution < 1.29 is 14.3 Å². The van der Waals surface area contributed by atoms with Gasteiger partial charge in [-0.2, -0.15) is 0 Å². The smallest absolute Gasteiger partial charge is 0.330 e. The molecule has 0 aromatic rings. The van der Waals surface area contributed by atoms with E-state index >= 15 is 0 Å². The Bertz CT molecular complexity index is 394. The molecule has 1 saturated heterocycles. The molecule has 1 rings (SSSR count). The predicted octanol–water partition coefficient (Wildman–Crippen LogP) is 5.74. The summed E-state index contributed by atoms with van der Waals surface area (Å²) in [6.45, 7) is 4.35. The third-order valence-electron chi connectivity index (χ3n) is 4.49. The first-order chi connectivity index (χ1) is 11.6. The number of epoxide rings is 1. The highest BCUT2D eigenvalue weighted by atomic mass is 16.6. The molecule has 0 aliphatic carbocycles. The lowest BCUT2D eigenvalue weighted by atomic mass is 10.0. The number of methoxy groups -OCH3 is 1. The summed E-state index contributed by atoms with van der Waals surface area (Å²) in [5.74, 6) is -0.304. The largest absolute Gasteiger partial charge is 0.466 e. The van der Waals surface area contributed by atoms with Crippen molar-refractivity contribution in [2.45, 2.75) is 96.7 Å². The van der Waals surface area contributed by atoms with Crippen LogP contribution < -0.4 is 0 Å². The molecule has 0 N–H and O–H groups in total. The number of ether oxygens (including phenoxy) is 2. The molecule has 0 aromatic carbocycles. The molecule has 1 aliphatic heterocycles. The molecule has 1 heterocycles. The Kier molecular flexibility index (Phi) is 11.5. The molecule has 0 amide bonds. The van der Waals surface area contributed by atoms with Gasteiger partial charge in [-0.15, -0.1) is 0 Å². The second kappa shape index (κ2) is 13.2. The second-order valence-corrected chi connectivity index (χ2v) is 7.06. The Balaban J connectivity index is 1.80. The van der Waals surface area contributed by atoms with Crippen molar-refractivity contribution >= 4 is 5.97 Å². The molecule has 2 unspecified atom stereocenters. The number of unbranched alkanes of at least 4 members (excludes halogenated alkanes) is 9. The minimum Gasteiger partial charge on any atom is -0.466 e. The van der Waals surface area contributed by atoms with Crippen LogP contribution in [-0.2, 0) is 14.3 Å². The zero-order chi connectivity index (χ0) is 17.6. The van der Waals surface area contributed by atoms with E-state index in [1.807, 2.05) is 6.08 Å². The van der Waals surface area contributed by atoms with Gasteiger partial charge in [0.25, 0.3) is 0 Å². The Hall–Kier alpha value is -1.09. The minimum atomic E-state index is -0.304. The number of rotatable bonds is 14. The molecule has 24 heavy (non-hydrogen) atoms. The summed E-state index contributed by atoms with van der Waals surface area (Å²) in [5, 5.41) is 0. The van der Waals surface area contributed by atoms with Gasteiger partial charge in [0.2, 0.25) is 0 Å². The van der Waals surface area contributed by atoms with Crippen LogP contribution in [0.15, 0.2) is 23.8 Å². The van der Waals surface area contributed by atoms with Crippen molar-refractivity contribution in [1.82, 2.24) is 0 Å². The van der Waals surface area contributed by atoms with Gasteiger partial charge in [-0.25, -0.2) is 4.79 Å². The van der Waals surface area contributed by atoms with Crippen LogP contribution >= 0.6 is 0 Å². The summed E-state index contributed by atoms with van der Waals surface area (Å²) in [6, 6.07) is 0. The average Bonchev–Trinajstić information content (AvgIpc) is 3.31. The van der Waals surface area contributed by atoms with Crippen molar-refractivity contribution in [3.8, 4) is 0 Å². The lowest BCUT2D eigenvalue weighted by molar-refractivity contribution is -0.134. The molecule has 3 nitrogen and oxygen atoms in total. The van der Waals surface area contributed by atoms with E-state index in [4.69, 9.17) is 4.74 Å². The average molecular weight is 337 g/mol. The van der Waals surface area contributed by atoms with E-state index in [0.29, 0.717) is 6.10 Å². The van der Waals surface area contributed by atoms with E-state index in [-0.39, 0.29) is 12.1 Å². The van der Waals surface area contributed by atoms with Gasteiger partial charge in [-0.05, 0) is 39.2 Å². The number of hydrogen-bond acceptors (Lipinski definition) is 3. The highest BCUT2D eigenvalue weighted by molar-refractivity contribution is 5.81. The lowest BCUT2D eigenvalue weighted by Gasteiger charge is -2.02. The van der Waals surface area contributed by atoms with Gasteiger partial charge in [0.15, 0.2) is 0 Å². The SMILES string of the molecule is COC(=O)C=CC1OC1CCCCCCCCCCCC=C(C)C. The van der Waals surface area contributed by atoms with Gasteiger partial charge >= 0.3 is 5.97 Å². The van der Waals surface area contributed by atoms with Gasteiger partial charge < -0.3 is 9.47 Å². The quantitative estimate of drug-likeness (QED) is 0.133. The summed E-state index contributed by atoms with van der Waals surface area (Å²) in [7, 11) is 1.39. The summed E-state index contributed by atoms with van der Waals surface area (Å²) in [6.07, 6.45) is 20.6. The topological polar surface area (TPSA) is 38.8 Å². The number of esters is 1. The van der Waals surface area contributed by atoms with Crippen molar-refractivity contribution in [3.05, 3.63) is 23.8 Å².